The van der Waals surface area contributed by atoms with Gasteiger partial charge in [-0.1, -0.05) is 6.07 Å². The van der Waals surface area contributed by atoms with Crippen LogP contribution in [0.2, 0.25) is 0 Å². The predicted octanol–water partition coefficient (Wildman–Crippen LogP) is 1.87. The highest BCUT2D eigenvalue weighted by Gasteiger charge is 2.08. The second kappa shape index (κ2) is 8.43. The van der Waals surface area contributed by atoms with E-state index in [9.17, 15) is 4.79 Å². The van der Waals surface area contributed by atoms with Crippen LogP contribution in [0.1, 0.15) is 32.8 Å². The minimum absolute atomic E-state index is 0.0371. The molecule has 1 amide bonds. The van der Waals surface area contributed by atoms with Crippen molar-refractivity contribution in [1.82, 2.24) is 5.32 Å². The fraction of sp³-hybridized carbons (Fsp3) is 0.533. The van der Waals surface area contributed by atoms with Crippen molar-refractivity contribution in [1.29, 1.82) is 0 Å². The highest BCUT2D eigenvalue weighted by molar-refractivity contribution is 5.76. The molecule has 0 unspecified atom stereocenters. The molecule has 0 aliphatic heterocycles. The number of hydrogen-bond acceptors (Lipinski definition) is 4. The van der Waals surface area contributed by atoms with Gasteiger partial charge in [-0.2, -0.15) is 0 Å². The van der Waals surface area contributed by atoms with E-state index < -0.39 is 0 Å². The number of ether oxygens (including phenoxy) is 2. The largest absolute Gasteiger partial charge is 0.490 e. The number of aliphatic hydroxyl groups excluding tert-OH is 1. The summed E-state index contributed by atoms with van der Waals surface area (Å²) >= 11 is 0. The quantitative estimate of drug-likeness (QED) is 0.763. The Morgan fingerprint density at radius 2 is 2.05 bits per heavy atom. The summed E-state index contributed by atoms with van der Waals surface area (Å²) in [6.45, 7) is 6.47. The first kappa shape index (κ1) is 16.3. The number of hydrogen-bond donors (Lipinski definition) is 2. The van der Waals surface area contributed by atoms with Gasteiger partial charge in [0.1, 0.15) is 0 Å². The van der Waals surface area contributed by atoms with Gasteiger partial charge in [0.05, 0.1) is 26.2 Å². The van der Waals surface area contributed by atoms with Crippen LogP contribution in [0.5, 0.6) is 11.5 Å². The molecule has 0 fully saturated rings. The molecule has 5 nitrogen and oxygen atoms in total. The molecule has 0 aliphatic rings. The molecule has 0 atom stereocenters. The van der Waals surface area contributed by atoms with E-state index in [-0.39, 0.29) is 25.2 Å². The van der Waals surface area contributed by atoms with Crippen molar-refractivity contribution < 1.29 is 19.4 Å². The van der Waals surface area contributed by atoms with E-state index >= 15 is 0 Å². The minimum atomic E-state index is -0.0445. The summed E-state index contributed by atoms with van der Waals surface area (Å²) in [4.78, 5) is 11.5. The molecule has 2 N–H and O–H groups in total. The standard InChI is InChI=1S/C15H23NO4/c1-4-19-14-9-12(10-17)5-6-13(14)20-8-7-15(18)16-11(2)3/h5-6,9,11,17H,4,7-8,10H2,1-3H3,(H,16,18). The van der Waals surface area contributed by atoms with Crippen LogP contribution >= 0.6 is 0 Å². The molecule has 1 aromatic rings. The molecule has 0 saturated heterocycles. The van der Waals surface area contributed by atoms with Crippen molar-refractivity contribution in [3.63, 3.8) is 0 Å². The summed E-state index contributed by atoms with van der Waals surface area (Å²) in [6.07, 6.45) is 0.297. The third-order valence-corrected chi connectivity index (χ3v) is 2.53. The average molecular weight is 281 g/mol. The second-order valence-electron chi connectivity index (χ2n) is 4.69. The van der Waals surface area contributed by atoms with Gasteiger partial charge in [0.2, 0.25) is 5.91 Å². The lowest BCUT2D eigenvalue weighted by Gasteiger charge is -2.13. The van der Waals surface area contributed by atoms with Crippen LogP contribution < -0.4 is 14.8 Å². The first-order valence-electron chi connectivity index (χ1n) is 6.85. The number of aliphatic hydroxyl groups is 1. The number of nitrogens with one attached hydrogen (secondary N) is 1. The van der Waals surface area contributed by atoms with Crippen molar-refractivity contribution in [2.45, 2.75) is 39.8 Å². The van der Waals surface area contributed by atoms with E-state index in [1.54, 1.807) is 18.2 Å². The number of amides is 1. The van der Waals surface area contributed by atoms with E-state index in [1.165, 1.54) is 0 Å². The van der Waals surface area contributed by atoms with Crippen molar-refractivity contribution in [3.05, 3.63) is 23.8 Å². The summed E-state index contributed by atoms with van der Waals surface area (Å²) in [5, 5.41) is 11.9. The molecular weight excluding hydrogens is 258 g/mol. The fourth-order valence-corrected chi connectivity index (χ4v) is 1.69. The molecule has 0 spiro atoms. The average Bonchev–Trinajstić information content (AvgIpc) is 2.39. The lowest BCUT2D eigenvalue weighted by molar-refractivity contribution is -0.122. The molecule has 0 heterocycles. The Labute approximate surface area is 119 Å². The maximum atomic E-state index is 11.5. The van der Waals surface area contributed by atoms with Gasteiger partial charge in [-0.3, -0.25) is 4.79 Å². The van der Waals surface area contributed by atoms with Crippen LogP contribution in [0.4, 0.5) is 0 Å². The molecule has 0 saturated carbocycles. The summed E-state index contributed by atoms with van der Waals surface area (Å²) in [5.74, 6) is 1.13. The van der Waals surface area contributed by atoms with Gasteiger partial charge in [-0.05, 0) is 38.5 Å². The molecule has 0 aliphatic carbocycles. The Morgan fingerprint density at radius 3 is 2.65 bits per heavy atom. The van der Waals surface area contributed by atoms with Crippen molar-refractivity contribution >= 4 is 5.91 Å². The van der Waals surface area contributed by atoms with Crippen molar-refractivity contribution in [2.24, 2.45) is 0 Å². The van der Waals surface area contributed by atoms with Crippen LogP contribution in [-0.4, -0.2) is 30.3 Å². The Hall–Kier alpha value is -1.75. The van der Waals surface area contributed by atoms with E-state index in [4.69, 9.17) is 14.6 Å². The van der Waals surface area contributed by atoms with E-state index in [1.807, 2.05) is 20.8 Å². The molecular formula is C15H23NO4. The molecule has 5 heteroatoms. The van der Waals surface area contributed by atoms with Crippen LogP contribution in [0, 0.1) is 0 Å². The van der Waals surface area contributed by atoms with Gasteiger partial charge < -0.3 is 19.9 Å². The monoisotopic (exact) mass is 281 g/mol. The third-order valence-electron chi connectivity index (χ3n) is 2.53. The third kappa shape index (κ3) is 5.48. The zero-order valence-corrected chi connectivity index (χ0v) is 12.3. The summed E-state index contributed by atoms with van der Waals surface area (Å²) in [5.41, 5.74) is 0.762. The number of carbonyl (C=O) groups excluding carboxylic acids is 1. The van der Waals surface area contributed by atoms with Crippen LogP contribution in [-0.2, 0) is 11.4 Å². The molecule has 1 aromatic carbocycles. The van der Waals surface area contributed by atoms with E-state index in [2.05, 4.69) is 5.32 Å². The van der Waals surface area contributed by atoms with Gasteiger partial charge in [-0.25, -0.2) is 0 Å². The fourth-order valence-electron chi connectivity index (χ4n) is 1.69. The highest BCUT2D eigenvalue weighted by atomic mass is 16.5. The first-order chi connectivity index (χ1) is 9.56. The molecule has 112 valence electrons. The molecule has 0 aromatic heterocycles. The van der Waals surface area contributed by atoms with Crippen LogP contribution in [0.25, 0.3) is 0 Å². The van der Waals surface area contributed by atoms with Crippen molar-refractivity contribution in [3.8, 4) is 11.5 Å². The minimum Gasteiger partial charge on any atom is -0.490 e. The summed E-state index contributed by atoms with van der Waals surface area (Å²) in [7, 11) is 0. The number of benzene rings is 1. The van der Waals surface area contributed by atoms with Gasteiger partial charge in [0, 0.05) is 6.04 Å². The maximum Gasteiger partial charge on any atom is 0.223 e. The number of carbonyl (C=O) groups is 1. The topological polar surface area (TPSA) is 67.8 Å². The van der Waals surface area contributed by atoms with Gasteiger partial charge >= 0.3 is 0 Å². The Balaban J connectivity index is 2.56. The van der Waals surface area contributed by atoms with Gasteiger partial charge in [0.25, 0.3) is 0 Å². The zero-order valence-electron chi connectivity index (χ0n) is 12.3. The van der Waals surface area contributed by atoms with Gasteiger partial charge in [0.15, 0.2) is 11.5 Å². The normalized spacial score (nSPS) is 10.4. The molecule has 0 radical (unpaired) electrons. The lowest BCUT2D eigenvalue weighted by atomic mass is 10.2. The Bertz CT molecular complexity index is 432. The molecule has 20 heavy (non-hydrogen) atoms. The first-order valence-corrected chi connectivity index (χ1v) is 6.85. The van der Waals surface area contributed by atoms with Crippen LogP contribution in [0.15, 0.2) is 18.2 Å². The van der Waals surface area contributed by atoms with E-state index in [0.29, 0.717) is 24.5 Å². The lowest BCUT2D eigenvalue weighted by Crippen LogP contribution is -2.31. The highest BCUT2D eigenvalue weighted by Crippen LogP contribution is 2.28. The summed E-state index contributed by atoms with van der Waals surface area (Å²) in [6, 6.07) is 5.39. The molecule has 1 rings (SSSR count). The summed E-state index contributed by atoms with van der Waals surface area (Å²) < 4.78 is 11.0. The van der Waals surface area contributed by atoms with E-state index in [0.717, 1.165) is 5.56 Å². The SMILES string of the molecule is CCOc1cc(CO)ccc1OCCC(=O)NC(C)C. The molecule has 0 bridgehead atoms. The number of rotatable bonds is 8. The Kier molecular flexibility index (Phi) is 6.87. The van der Waals surface area contributed by atoms with Crippen LogP contribution in [0.3, 0.4) is 0 Å². The maximum absolute atomic E-state index is 11.5. The van der Waals surface area contributed by atoms with Gasteiger partial charge in [-0.15, -0.1) is 0 Å². The smallest absolute Gasteiger partial charge is 0.223 e. The predicted molar refractivity (Wildman–Crippen MR) is 76.9 cm³/mol. The second-order valence-corrected chi connectivity index (χ2v) is 4.69. The van der Waals surface area contributed by atoms with Crippen molar-refractivity contribution in [2.75, 3.05) is 13.2 Å². The zero-order chi connectivity index (χ0) is 15.0. The Morgan fingerprint density at radius 1 is 1.30 bits per heavy atom.